The Morgan fingerprint density at radius 3 is 2.40 bits per heavy atom. The summed E-state index contributed by atoms with van der Waals surface area (Å²) in [4.78, 5) is 2.17. The van der Waals surface area contributed by atoms with E-state index in [0.717, 1.165) is 0 Å². The molecule has 1 heterocycles. The van der Waals surface area contributed by atoms with Crippen LogP contribution in [0.15, 0.2) is 23.1 Å². The van der Waals surface area contributed by atoms with Crippen molar-refractivity contribution in [3.8, 4) is 0 Å². The third kappa shape index (κ3) is 3.27. The zero-order valence-electron chi connectivity index (χ0n) is 11.1. The molecule has 0 saturated carbocycles. The van der Waals surface area contributed by atoms with Gasteiger partial charge in [-0.05, 0) is 25.2 Å². The van der Waals surface area contributed by atoms with Crippen LogP contribution in [0.5, 0.6) is 0 Å². The van der Waals surface area contributed by atoms with E-state index in [1.54, 1.807) is 0 Å². The maximum atomic E-state index is 12.7. The summed E-state index contributed by atoms with van der Waals surface area (Å²) in [6, 6.07) is 4.09. The minimum absolute atomic E-state index is 0.109. The number of likely N-dealkylation sites (N-methyl/N-ethyl adjacent to an activating group) is 1. The second-order valence-corrected chi connectivity index (χ2v) is 7.64. The van der Waals surface area contributed by atoms with E-state index in [4.69, 9.17) is 28.9 Å². The Hall–Kier alpha value is -0.370. The fraction of sp³-hybridized carbons (Fsp3) is 0.500. The molecular weight excluding hydrogens is 321 g/mol. The van der Waals surface area contributed by atoms with Gasteiger partial charge in [0.15, 0.2) is 0 Å². The summed E-state index contributed by atoms with van der Waals surface area (Å²) in [5.74, 6) is 0. The number of hydrogen-bond donors (Lipinski definition) is 1. The van der Waals surface area contributed by atoms with E-state index in [1.807, 2.05) is 7.05 Å². The van der Waals surface area contributed by atoms with E-state index in [2.05, 4.69) is 4.90 Å². The van der Waals surface area contributed by atoms with Crippen molar-refractivity contribution in [2.75, 3.05) is 33.2 Å². The van der Waals surface area contributed by atoms with Gasteiger partial charge in [0, 0.05) is 36.2 Å². The molecule has 1 aliphatic rings. The molecule has 2 rings (SSSR count). The number of halogens is 2. The number of benzene rings is 1. The summed E-state index contributed by atoms with van der Waals surface area (Å²) in [5, 5.41) is 0.601. The van der Waals surface area contributed by atoms with Crippen LogP contribution in [0, 0.1) is 0 Å². The van der Waals surface area contributed by atoms with E-state index in [0.29, 0.717) is 29.7 Å². The van der Waals surface area contributed by atoms with Gasteiger partial charge in [0.05, 0.1) is 10.9 Å². The van der Waals surface area contributed by atoms with Gasteiger partial charge in [0.2, 0.25) is 10.0 Å². The van der Waals surface area contributed by atoms with Gasteiger partial charge in [-0.2, -0.15) is 4.31 Å². The Morgan fingerprint density at radius 1 is 1.25 bits per heavy atom. The molecule has 1 atom stereocenters. The summed E-state index contributed by atoms with van der Waals surface area (Å²) in [6.07, 6.45) is 0. The molecule has 112 valence electrons. The highest BCUT2D eigenvalue weighted by molar-refractivity contribution is 7.89. The third-order valence-corrected chi connectivity index (χ3v) is 5.71. The molecule has 0 radical (unpaired) electrons. The molecule has 1 fully saturated rings. The highest BCUT2D eigenvalue weighted by Crippen LogP contribution is 2.26. The fourth-order valence-corrected chi connectivity index (χ4v) is 4.66. The lowest BCUT2D eigenvalue weighted by Crippen LogP contribution is -2.56. The van der Waals surface area contributed by atoms with Crippen LogP contribution in [-0.4, -0.2) is 56.9 Å². The summed E-state index contributed by atoms with van der Waals surface area (Å²) in [6.45, 7) is 1.97. The Kier molecular flexibility index (Phi) is 4.94. The van der Waals surface area contributed by atoms with Crippen LogP contribution >= 0.6 is 23.2 Å². The van der Waals surface area contributed by atoms with Crippen LogP contribution < -0.4 is 5.73 Å². The first-order valence-corrected chi connectivity index (χ1v) is 8.40. The first-order valence-electron chi connectivity index (χ1n) is 6.21. The van der Waals surface area contributed by atoms with E-state index in [9.17, 15) is 8.42 Å². The largest absolute Gasteiger partial charge is 0.329 e. The molecule has 0 amide bonds. The summed E-state index contributed by atoms with van der Waals surface area (Å²) in [7, 11) is -1.69. The SMILES string of the molecule is CN1CCN(S(=O)(=O)c2cc(Cl)cc(Cl)c2)C(CN)C1. The zero-order chi connectivity index (χ0) is 14.9. The predicted molar refractivity (Wildman–Crippen MR) is 80.7 cm³/mol. The summed E-state index contributed by atoms with van der Waals surface area (Å²) >= 11 is 11.8. The second kappa shape index (κ2) is 6.17. The van der Waals surface area contributed by atoms with Gasteiger partial charge in [0.25, 0.3) is 0 Å². The van der Waals surface area contributed by atoms with Crippen molar-refractivity contribution in [3.05, 3.63) is 28.2 Å². The molecule has 0 bridgehead atoms. The van der Waals surface area contributed by atoms with Crippen LogP contribution in [0.2, 0.25) is 10.0 Å². The number of piperazine rings is 1. The molecule has 5 nitrogen and oxygen atoms in total. The maximum Gasteiger partial charge on any atom is 0.243 e. The molecule has 1 saturated heterocycles. The topological polar surface area (TPSA) is 66.6 Å². The minimum atomic E-state index is -3.63. The van der Waals surface area contributed by atoms with Gasteiger partial charge in [-0.3, -0.25) is 0 Å². The molecule has 0 aliphatic carbocycles. The van der Waals surface area contributed by atoms with Crippen LogP contribution in [0.3, 0.4) is 0 Å². The smallest absolute Gasteiger partial charge is 0.243 e. The first kappa shape index (κ1) is 16.0. The number of nitrogens with two attached hydrogens (primary N) is 1. The van der Waals surface area contributed by atoms with Crippen molar-refractivity contribution in [3.63, 3.8) is 0 Å². The Balaban J connectivity index is 2.38. The maximum absolute atomic E-state index is 12.7. The van der Waals surface area contributed by atoms with Crippen LogP contribution in [-0.2, 0) is 10.0 Å². The quantitative estimate of drug-likeness (QED) is 0.901. The lowest BCUT2D eigenvalue weighted by Gasteiger charge is -2.38. The monoisotopic (exact) mass is 337 g/mol. The number of hydrogen-bond acceptors (Lipinski definition) is 4. The van der Waals surface area contributed by atoms with Crippen LogP contribution in [0.4, 0.5) is 0 Å². The standard InChI is InChI=1S/C12H17Cl2N3O2S/c1-16-2-3-17(11(7-15)8-16)20(18,19)12-5-9(13)4-10(14)6-12/h4-6,11H,2-3,7-8,15H2,1H3. The lowest BCUT2D eigenvalue weighted by atomic mass is 10.2. The first-order chi connectivity index (χ1) is 9.34. The Morgan fingerprint density at radius 2 is 1.85 bits per heavy atom. The number of rotatable bonds is 3. The molecule has 8 heteroatoms. The molecule has 20 heavy (non-hydrogen) atoms. The fourth-order valence-electron chi connectivity index (χ4n) is 2.32. The molecule has 1 aromatic rings. The molecule has 0 spiro atoms. The third-order valence-electron chi connectivity index (χ3n) is 3.35. The highest BCUT2D eigenvalue weighted by atomic mass is 35.5. The lowest BCUT2D eigenvalue weighted by molar-refractivity contribution is 0.164. The van der Waals surface area contributed by atoms with Crippen LogP contribution in [0.1, 0.15) is 0 Å². The van der Waals surface area contributed by atoms with E-state index < -0.39 is 10.0 Å². The van der Waals surface area contributed by atoms with Crippen molar-refractivity contribution >= 4 is 33.2 Å². The second-order valence-electron chi connectivity index (χ2n) is 4.87. The van der Waals surface area contributed by atoms with E-state index >= 15 is 0 Å². The zero-order valence-corrected chi connectivity index (χ0v) is 13.4. The number of nitrogens with zero attached hydrogens (tertiary/aromatic N) is 2. The highest BCUT2D eigenvalue weighted by Gasteiger charge is 2.34. The van der Waals surface area contributed by atoms with Crippen molar-refractivity contribution in [2.24, 2.45) is 5.73 Å². The van der Waals surface area contributed by atoms with E-state index in [1.165, 1.54) is 22.5 Å². The molecule has 1 aliphatic heterocycles. The summed E-state index contributed by atoms with van der Waals surface area (Å²) < 4.78 is 26.8. The van der Waals surface area contributed by atoms with Gasteiger partial charge in [0.1, 0.15) is 0 Å². The van der Waals surface area contributed by atoms with Crippen molar-refractivity contribution in [2.45, 2.75) is 10.9 Å². The van der Waals surface area contributed by atoms with Gasteiger partial charge in [-0.25, -0.2) is 8.42 Å². The van der Waals surface area contributed by atoms with Crippen molar-refractivity contribution in [1.82, 2.24) is 9.21 Å². The number of sulfonamides is 1. The Bertz CT molecular complexity index is 574. The van der Waals surface area contributed by atoms with E-state index in [-0.39, 0.29) is 17.5 Å². The van der Waals surface area contributed by atoms with Gasteiger partial charge >= 0.3 is 0 Å². The average molecular weight is 338 g/mol. The Labute approximate surface area is 129 Å². The van der Waals surface area contributed by atoms with Gasteiger partial charge in [-0.1, -0.05) is 23.2 Å². The minimum Gasteiger partial charge on any atom is -0.329 e. The average Bonchev–Trinajstić information content (AvgIpc) is 2.37. The molecule has 1 unspecified atom stereocenters. The van der Waals surface area contributed by atoms with Crippen LogP contribution in [0.25, 0.3) is 0 Å². The van der Waals surface area contributed by atoms with Crippen molar-refractivity contribution < 1.29 is 8.42 Å². The molecule has 2 N–H and O–H groups in total. The molecular formula is C12H17Cl2N3O2S. The molecule has 0 aromatic heterocycles. The van der Waals surface area contributed by atoms with Gasteiger partial charge < -0.3 is 10.6 Å². The molecule has 1 aromatic carbocycles. The summed E-state index contributed by atoms with van der Waals surface area (Å²) in [5.41, 5.74) is 5.71. The normalized spacial score (nSPS) is 22.1. The predicted octanol–water partition coefficient (Wildman–Crippen LogP) is 1.26. The van der Waals surface area contributed by atoms with Crippen molar-refractivity contribution in [1.29, 1.82) is 0 Å². The van der Waals surface area contributed by atoms with Gasteiger partial charge in [-0.15, -0.1) is 0 Å².